The summed E-state index contributed by atoms with van der Waals surface area (Å²) >= 11 is 4.02. The quantitative estimate of drug-likeness (QED) is 0.590. The average molecular weight is 392 g/mol. The summed E-state index contributed by atoms with van der Waals surface area (Å²) in [5, 5.41) is 25.7. The van der Waals surface area contributed by atoms with E-state index in [2.05, 4.69) is 26.9 Å². The molecule has 0 saturated heterocycles. The molecule has 1 atom stereocenters. The fraction of sp³-hybridized carbons (Fsp3) is 0.200. The number of anilines is 2. The molecule has 0 aromatic carbocycles. The molecular weight excluding hydrogens is 378 g/mol. The Balaban J connectivity index is 1.53. The summed E-state index contributed by atoms with van der Waals surface area (Å²) in [5.74, 6) is 0.630. The average Bonchev–Trinajstić information content (AvgIpc) is 3.34. The van der Waals surface area contributed by atoms with E-state index in [1.807, 2.05) is 12.1 Å². The minimum atomic E-state index is -0.362. The zero-order chi connectivity index (χ0) is 17.6. The van der Waals surface area contributed by atoms with Crippen molar-refractivity contribution >= 4 is 50.5 Å². The summed E-state index contributed by atoms with van der Waals surface area (Å²) in [7, 11) is 0. The molecule has 3 aromatic rings. The van der Waals surface area contributed by atoms with E-state index in [-0.39, 0.29) is 11.2 Å². The van der Waals surface area contributed by atoms with Crippen LogP contribution < -0.4 is 10.6 Å². The number of carbonyl (C=O) groups is 1. The Morgan fingerprint density at radius 1 is 1.48 bits per heavy atom. The number of hydrogen-bond donors (Lipinski definition) is 2. The zero-order valence-corrected chi connectivity index (χ0v) is 15.5. The van der Waals surface area contributed by atoms with E-state index in [9.17, 15) is 4.79 Å². The first-order valence-electron chi connectivity index (χ1n) is 7.20. The van der Waals surface area contributed by atoms with Gasteiger partial charge in [-0.2, -0.15) is 5.26 Å². The summed E-state index contributed by atoms with van der Waals surface area (Å²) in [6, 6.07) is 7.43. The molecule has 0 radical (unpaired) electrons. The molecule has 0 unspecified atom stereocenters. The zero-order valence-electron chi connectivity index (χ0n) is 13.1. The number of thioether (sulfide) groups is 1. The number of hydrogen-bond acceptors (Lipinski definition) is 9. The SMILES string of the molecule is C[C@H](Sc1nnc(NCc2ccco2)s1)C(=O)Nc1sccc1C#N. The van der Waals surface area contributed by atoms with Gasteiger partial charge in [-0.05, 0) is 30.5 Å². The lowest BCUT2D eigenvalue weighted by Gasteiger charge is -2.08. The van der Waals surface area contributed by atoms with E-state index in [1.165, 1.54) is 34.4 Å². The fourth-order valence-corrected chi connectivity index (χ4v) is 4.45. The highest BCUT2D eigenvalue weighted by Crippen LogP contribution is 2.30. The lowest BCUT2D eigenvalue weighted by Crippen LogP contribution is -2.22. The maximum absolute atomic E-state index is 12.3. The molecule has 3 heterocycles. The highest BCUT2D eigenvalue weighted by molar-refractivity contribution is 8.02. The first-order valence-corrected chi connectivity index (χ1v) is 9.78. The van der Waals surface area contributed by atoms with Crippen molar-refractivity contribution in [2.24, 2.45) is 0 Å². The smallest absolute Gasteiger partial charge is 0.238 e. The van der Waals surface area contributed by atoms with Crippen LogP contribution in [0.5, 0.6) is 0 Å². The van der Waals surface area contributed by atoms with Gasteiger partial charge < -0.3 is 15.1 Å². The Labute approximate surface area is 156 Å². The number of nitriles is 1. The number of nitrogens with zero attached hydrogens (tertiary/aromatic N) is 3. The van der Waals surface area contributed by atoms with Crippen LogP contribution in [0.4, 0.5) is 10.1 Å². The minimum Gasteiger partial charge on any atom is -0.467 e. The Hall–Kier alpha value is -2.35. The number of nitrogens with one attached hydrogen (secondary N) is 2. The van der Waals surface area contributed by atoms with Gasteiger partial charge in [0.2, 0.25) is 11.0 Å². The Bertz CT molecular complexity index is 881. The monoisotopic (exact) mass is 391 g/mol. The molecule has 1 amide bonds. The van der Waals surface area contributed by atoms with E-state index < -0.39 is 0 Å². The number of carbonyl (C=O) groups excluding carboxylic acids is 1. The molecule has 7 nitrogen and oxygen atoms in total. The van der Waals surface area contributed by atoms with Gasteiger partial charge in [-0.1, -0.05) is 23.1 Å². The molecule has 0 bridgehead atoms. The Kier molecular flexibility index (Phi) is 5.70. The Morgan fingerprint density at radius 2 is 2.36 bits per heavy atom. The van der Waals surface area contributed by atoms with Gasteiger partial charge in [0.25, 0.3) is 0 Å². The van der Waals surface area contributed by atoms with Gasteiger partial charge in [-0.25, -0.2) is 0 Å². The summed E-state index contributed by atoms with van der Waals surface area (Å²) in [4.78, 5) is 12.3. The number of rotatable bonds is 7. The van der Waals surface area contributed by atoms with Crippen LogP contribution in [0, 0.1) is 11.3 Å². The maximum Gasteiger partial charge on any atom is 0.238 e. The highest BCUT2D eigenvalue weighted by atomic mass is 32.2. The minimum absolute atomic E-state index is 0.177. The molecule has 0 aliphatic carbocycles. The normalized spacial score (nSPS) is 11.7. The molecule has 128 valence electrons. The molecule has 2 N–H and O–H groups in total. The van der Waals surface area contributed by atoms with Crippen molar-refractivity contribution in [2.75, 3.05) is 10.6 Å². The number of aromatic nitrogens is 2. The fourth-order valence-electron chi connectivity index (χ4n) is 1.82. The van der Waals surface area contributed by atoms with Crippen LogP contribution in [0.2, 0.25) is 0 Å². The van der Waals surface area contributed by atoms with Crippen LogP contribution in [0.25, 0.3) is 0 Å². The van der Waals surface area contributed by atoms with Crippen molar-refractivity contribution in [3.8, 4) is 6.07 Å². The van der Waals surface area contributed by atoms with E-state index in [0.29, 0.717) is 26.6 Å². The van der Waals surface area contributed by atoms with Crippen LogP contribution in [-0.4, -0.2) is 21.4 Å². The summed E-state index contributed by atoms with van der Waals surface area (Å²) in [5.41, 5.74) is 0.468. The number of amides is 1. The van der Waals surface area contributed by atoms with Crippen LogP contribution in [0.15, 0.2) is 38.6 Å². The maximum atomic E-state index is 12.3. The van der Waals surface area contributed by atoms with E-state index in [0.717, 1.165) is 5.76 Å². The van der Waals surface area contributed by atoms with Gasteiger partial charge in [0.1, 0.15) is 16.8 Å². The first kappa shape index (κ1) is 17.5. The van der Waals surface area contributed by atoms with Crippen molar-refractivity contribution < 1.29 is 9.21 Å². The second-order valence-corrected chi connectivity index (χ2v) is 8.31. The van der Waals surface area contributed by atoms with Gasteiger partial charge in [0, 0.05) is 0 Å². The molecule has 0 fully saturated rings. The third-order valence-electron chi connectivity index (χ3n) is 3.07. The van der Waals surface area contributed by atoms with Crippen LogP contribution in [0.1, 0.15) is 18.2 Å². The van der Waals surface area contributed by atoms with Gasteiger partial charge in [0.05, 0.1) is 23.6 Å². The summed E-state index contributed by atoms with van der Waals surface area (Å²) in [6.07, 6.45) is 1.62. The second-order valence-electron chi connectivity index (χ2n) is 4.83. The third kappa shape index (κ3) is 4.60. The molecule has 10 heteroatoms. The van der Waals surface area contributed by atoms with E-state index in [4.69, 9.17) is 9.68 Å². The van der Waals surface area contributed by atoms with Crippen molar-refractivity contribution in [3.63, 3.8) is 0 Å². The molecule has 25 heavy (non-hydrogen) atoms. The predicted octanol–water partition coefficient (Wildman–Crippen LogP) is 3.80. The Morgan fingerprint density at radius 3 is 3.12 bits per heavy atom. The van der Waals surface area contributed by atoms with Gasteiger partial charge in [-0.15, -0.1) is 21.5 Å². The molecule has 0 spiro atoms. The summed E-state index contributed by atoms with van der Waals surface area (Å²) in [6.45, 7) is 2.31. The lowest BCUT2D eigenvalue weighted by molar-refractivity contribution is -0.115. The number of furan rings is 1. The van der Waals surface area contributed by atoms with Crippen molar-refractivity contribution in [2.45, 2.75) is 23.1 Å². The van der Waals surface area contributed by atoms with Gasteiger partial charge in [-0.3, -0.25) is 4.79 Å². The van der Waals surface area contributed by atoms with Crippen LogP contribution in [0.3, 0.4) is 0 Å². The topological polar surface area (TPSA) is 104 Å². The molecular formula is C15H13N5O2S3. The molecule has 0 aliphatic heterocycles. The largest absolute Gasteiger partial charge is 0.467 e. The van der Waals surface area contributed by atoms with Crippen LogP contribution >= 0.6 is 34.4 Å². The molecule has 0 saturated carbocycles. The summed E-state index contributed by atoms with van der Waals surface area (Å²) < 4.78 is 5.93. The molecule has 3 rings (SSSR count). The van der Waals surface area contributed by atoms with E-state index in [1.54, 1.807) is 24.6 Å². The second kappa shape index (κ2) is 8.15. The van der Waals surface area contributed by atoms with E-state index >= 15 is 0 Å². The van der Waals surface area contributed by atoms with Gasteiger partial charge in [0.15, 0.2) is 4.34 Å². The lowest BCUT2D eigenvalue weighted by atomic mass is 10.3. The third-order valence-corrected chi connectivity index (χ3v) is 5.96. The predicted molar refractivity (Wildman–Crippen MR) is 98.9 cm³/mol. The van der Waals surface area contributed by atoms with Crippen molar-refractivity contribution in [1.29, 1.82) is 5.26 Å². The van der Waals surface area contributed by atoms with Crippen molar-refractivity contribution in [3.05, 3.63) is 41.2 Å². The van der Waals surface area contributed by atoms with Crippen LogP contribution in [-0.2, 0) is 11.3 Å². The number of thiophene rings is 1. The highest BCUT2D eigenvalue weighted by Gasteiger charge is 2.19. The first-order chi connectivity index (χ1) is 12.2. The molecule has 3 aromatic heterocycles. The van der Waals surface area contributed by atoms with Crippen molar-refractivity contribution in [1.82, 2.24) is 10.2 Å². The molecule has 0 aliphatic rings. The standard InChI is InChI=1S/C15H13N5O2S3/c1-9(12(21)18-13-10(7-16)4-6-23-13)24-15-20-19-14(25-15)17-8-11-3-2-5-22-11/h2-6,9H,8H2,1H3,(H,17,19)(H,18,21)/t9-/m0/s1. The van der Waals surface area contributed by atoms with Gasteiger partial charge >= 0.3 is 0 Å².